The molecule has 0 unspecified atom stereocenters. The van der Waals surface area contributed by atoms with E-state index in [0.29, 0.717) is 0 Å². The Bertz CT molecular complexity index is 62.7. The van der Waals surface area contributed by atoms with Gasteiger partial charge in [-0.15, -0.1) is 0 Å². The van der Waals surface area contributed by atoms with Crippen molar-refractivity contribution in [3.8, 4) is 0 Å². The quantitative estimate of drug-likeness (QED) is 0.439. The summed E-state index contributed by atoms with van der Waals surface area (Å²) in [6.45, 7) is 3.03. The lowest BCUT2D eigenvalue weighted by atomic mass is 10.3. The minimum absolute atomic E-state index is 0.903. The Morgan fingerprint density at radius 3 is 2.62 bits per heavy atom. The second kappa shape index (κ2) is 4.56. The Balaban J connectivity index is 2.98. The van der Waals surface area contributed by atoms with E-state index in [1.165, 1.54) is 6.42 Å². The summed E-state index contributed by atoms with van der Waals surface area (Å²) >= 11 is 0. The highest BCUT2D eigenvalue weighted by Gasteiger charge is 1.87. The number of hydrogen-bond acceptors (Lipinski definition) is 2. The monoisotopic (exact) mass is 115 g/mol. The summed E-state index contributed by atoms with van der Waals surface area (Å²) < 4.78 is 0. The molecule has 3 heteroatoms. The van der Waals surface area contributed by atoms with Crippen LogP contribution in [0.4, 0.5) is 0 Å². The van der Waals surface area contributed by atoms with Gasteiger partial charge in [-0.2, -0.15) is 5.53 Å². The predicted molar refractivity (Wildman–Crippen MR) is 32.7 cm³/mol. The van der Waals surface area contributed by atoms with Crippen molar-refractivity contribution in [3.05, 3.63) is 0 Å². The van der Waals surface area contributed by atoms with Crippen LogP contribution in [0.25, 0.3) is 0 Å². The molecule has 0 atom stereocenters. The number of nitrogens with one attached hydrogen (secondary N) is 1. The minimum Gasteiger partial charge on any atom is -0.282 e. The lowest BCUT2D eigenvalue weighted by Crippen LogP contribution is -2.10. The normalized spacial score (nSPS) is 8.75. The molecular weight excluding hydrogens is 102 g/mol. The second-order valence-electron chi connectivity index (χ2n) is 1.83. The van der Waals surface area contributed by atoms with Gasteiger partial charge in [0.2, 0.25) is 0 Å². The van der Waals surface area contributed by atoms with Crippen molar-refractivity contribution in [2.45, 2.75) is 19.8 Å². The van der Waals surface area contributed by atoms with Gasteiger partial charge in [0, 0.05) is 13.6 Å². The molecule has 0 heterocycles. The molecule has 0 spiro atoms. The average molecular weight is 115 g/mol. The van der Waals surface area contributed by atoms with E-state index in [1.807, 2.05) is 7.05 Å². The third-order valence-corrected chi connectivity index (χ3v) is 1.01. The molecule has 0 aliphatic heterocycles. The molecule has 8 heavy (non-hydrogen) atoms. The van der Waals surface area contributed by atoms with Gasteiger partial charge in [0.25, 0.3) is 0 Å². The van der Waals surface area contributed by atoms with Crippen LogP contribution in [0.3, 0.4) is 0 Å². The third-order valence-electron chi connectivity index (χ3n) is 1.01. The molecule has 0 saturated carbocycles. The molecule has 0 amide bonds. The fourth-order valence-electron chi connectivity index (χ4n) is 0.437. The summed E-state index contributed by atoms with van der Waals surface area (Å²) in [6.07, 6.45) is 2.29. The zero-order valence-corrected chi connectivity index (χ0v) is 5.52. The van der Waals surface area contributed by atoms with Gasteiger partial charge in [-0.1, -0.05) is 18.6 Å². The van der Waals surface area contributed by atoms with Crippen molar-refractivity contribution in [1.82, 2.24) is 5.01 Å². The van der Waals surface area contributed by atoms with E-state index in [4.69, 9.17) is 5.53 Å². The molecule has 3 nitrogen and oxygen atoms in total. The highest BCUT2D eigenvalue weighted by Crippen LogP contribution is 1.89. The molecule has 0 radical (unpaired) electrons. The predicted octanol–water partition coefficient (Wildman–Crippen LogP) is 1.66. The van der Waals surface area contributed by atoms with E-state index in [0.717, 1.165) is 13.0 Å². The molecular formula is C5H13N3. The fraction of sp³-hybridized carbons (Fsp3) is 1.00. The van der Waals surface area contributed by atoms with E-state index >= 15 is 0 Å². The Hall–Kier alpha value is -0.600. The maximum atomic E-state index is 6.54. The third kappa shape index (κ3) is 3.59. The van der Waals surface area contributed by atoms with Crippen LogP contribution in [0, 0.1) is 5.53 Å². The zero-order valence-electron chi connectivity index (χ0n) is 5.52. The molecule has 0 aliphatic rings. The van der Waals surface area contributed by atoms with Gasteiger partial charge in [-0.05, 0) is 6.42 Å². The Kier molecular flexibility index (Phi) is 4.21. The van der Waals surface area contributed by atoms with Crippen molar-refractivity contribution < 1.29 is 0 Å². The molecule has 0 aromatic heterocycles. The first-order valence-electron chi connectivity index (χ1n) is 2.89. The standard InChI is InChI=1S/C5H13N3/c1-3-4-5-8(2)7-6/h6H,3-5H2,1-2H3. The van der Waals surface area contributed by atoms with Crippen molar-refractivity contribution in [3.63, 3.8) is 0 Å². The highest BCUT2D eigenvalue weighted by atomic mass is 15.5. The molecule has 0 saturated heterocycles. The Labute approximate surface area is 50.2 Å². The van der Waals surface area contributed by atoms with E-state index in [2.05, 4.69) is 12.1 Å². The van der Waals surface area contributed by atoms with Crippen LogP contribution in [0.1, 0.15) is 19.8 Å². The number of unbranched alkanes of at least 4 members (excludes halogenated alkanes) is 1. The summed E-state index contributed by atoms with van der Waals surface area (Å²) in [7, 11) is 1.81. The van der Waals surface area contributed by atoms with E-state index in [9.17, 15) is 0 Å². The minimum atomic E-state index is 0.903. The van der Waals surface area contributed by atoms with Crippen LogP contribution in [0.2, 0.25) is 0 Å². The van der Waals surface area contributed by atoms with Crippen LogP contribution in [-0.2, 0) is 0 Å². The lowest BCUT2D eigenvalue weighted by molar-refractivity contribution is 0.315. The van der Waals surface area contributed by atoms with Crippen LogP contribution >= 0.6 is 0 Å². The summed E-state index contributed by atoms with van der Waals surface area (Å²) in [5.74, 6) is 0. The molecule has 0 rings (SSSR count). The highest BCUT2D eigenvalue weighted by molar-refractivity contribution is 4.38. The first-order valence-corrected chi connectivity index (χ1v) is 2.89. The van der Waals surface area contributed by atoms with Crippen molar-refractivity contribution >= 4 is 0 Å². The number of hydrogen-bond donors (Lipinski definition) is 1. The molecule has 0 fully saturated rings. The van der Waals surface area contributed by atoms with Gasteiger partial charge in [0.1, 0.15) is 0 Å². The zero-order chi connectivity index (χ0) is 6.41. The summed E-state index contributed by atoms with van der Waals surface area (Å²) in [4.78, 5) is 0. The van der Waals surface area contributed by atoms with Gasteiger partial charge in [0.15, 0.2) is 0 Å². The van der Waals surface area contributed by atoms with Crippen LogP contribution in [0.15, 0.2) is 5.22 Å². The van der Waals surface area contributed by atoms with Crippen molar-refractivity contribution in [2.24, 2.45) is 5.22 Å². The molecule has 0 bridgehead atoms. The maximum Gasteiger partial charge on any atom is 0.0373 e. The molecule has 48 valence electrons. The first kappa shape index (κ1) is 7.40. The first-order chi connectivity index (χ1) is 3.81. The Morgan fingerprint density at radius 1 is 1.62 bits per heavy atom. The van der Waals surface area contributed by atoms with E-state index < -0.39 is 0 Å². The molecule has 0 aromatic rings. The summed E-state index contributed by atoms with van der Waals surface area (Å²) in [6, 6.07) is 0. The van der Waals surface area contributed by atoms with Gasteiger partial charge in [-0.3, -0.25) is 5.01 Å². The number of rotatable bonds is 4. The van der Waals surface area contributed by atoms with Crippen LogP contribution in [0.5, 0.6) is 0 Å². The van der Waals surface area contributed by atoms with Gasteiger partial charge in [0.05, 0.1) is 0 Å². The second-order valence-corrected chi connectivity index (χ2v) is 1.83. The summed E-state index contributed by atoms with van der Waals surface area (Å²) in [5, 5.41) is 4.84. The van der Waals surface area contributed by atoms with E-state index in [-0.39, 0.29) is 0 Å². The topological polar surface area (TPSA) is 39.5 Å². The molecule has 0 aliphatic carbocycles. The fourth-order valence-corrected chi connectivity index (χ4v) is 0.437. The number of nitrogens with zero attached hydrogens (tertiary/aromatic N) is 2. The molecule has 0 aromatic carbocycles. The van der Waals surface area contributed by atoms with Gasteiger partial charge < -0.3 is 0 Å². The van der Waals surface area contributed by atoms with Crippen molar-refractivity contribution in [1.29, 1.82) is 5.53 Å². The molecule has 1 N–H and O–H groups in total. The van der Waals surface area contributed by atoms with Crippen LogP contribution in [-0.4, -0.2) is 18.6 Å². The average Bonchev–Trinajstić information content (AvgIpc) is 1.83. The summed E-state index contributed by atoms with van der Waals surface area (Å²) in [5.41, 5.74) is 6.54. The lowest BCUT2D eigenvalue weighted by Gasteiger charge is -2.07. The maximum absolute atomic E-state index is 6.54. The van der Waals surface area contributed by atoms with Crippen molar-refractivity contribution in [2.75, 3.05) is 13.6 Å². The largest absolute Gasteiger partial charge is 0.282 e. The smallest absolute Gasteiger partial charge is 0.0373 e. The van der Waals surface area contributed by atoms with Crippen LogP contribution < -0.4 is 0 Å². The van der Waals surface area contributed by atoms with Gasteiger partial charge in [-0.25, -0.2) is 0 Å². The van der Waals surface area contributed by atoms with Gasteiger partial charge >= 0.3 is 0 Å². The SMILES string of the molecule is CCCCN(C)N=N. The Morgan fingerprint density at radius 2 is 2.25 bits per heavy atom. The van der Waals surface area contributed by atoms with E-state index in [1.54, 1.807) is 5.01 Å².